The van der Waals surface area contributed by atoms with Crippen LogP contribution in [0.2, 0.25) is 0 Å². The molecule has 2 atom stereocenters. The molecule has 0 saturated carbocycles. The van der Waals surface area contributed by atoms with Crippen molar-refractivity contribution in [1.82, 2.24) is 0 Å². The number of rotatable bonds is 55. The molecule has 9 nitrogen and oxygen atoms in total. The minimum atomic E-state index is -4.40. The van der Waals surface area contributed by atoms with Gasteiger partial charge in [0.25, 0.3) is 0 Å². The van der Waals surface area contributed by atoms with Crippen molar-refractivity contribution in [2.45, 2.75) is 251 Å². The van der Waals surface area contributed by atoms with Gasteiger partial charge in [0.2, 0.25) is 0 Å². The van der Waals surface area contributed by atoms with Crippen LogP contribution in [-0.4, -0.2) is 49.3 Å². The second-order valence-corrected chi connectivity index (χ2v) is 20.9. The standard InChI is InChI=1S/C65H110NO8P/c1-3-5-7-9-11-13-15-17-19-21-23-24-25-26-27-28-29-30-31-32-33-34-35-36-37-38-40-42-44-46-48-50-52-54-56-58-65(68)74-63(62-73-75(69,70)72-60-59-66)61-71-64(67)57-55-53-51-49-47-45-43-41-39-22-20-18-16-14-12-10-8-6-4-2/h5,7,11-14,17-20,23-24,26-27,29-30,32-33,35-36,63H,3-4,6,8-10,15-16,21-22,25,28,31,34,37-62,66H2,1-2H3,(H,69,70)/b7-5-,13-11-,14-12-,19-17-,20-18-,24-23-,27-26-,30-29-,33-32-,36-35-. The number of hydrogen-bond donors (Lipinski definition) is 2. The molecule has 0 aliphatic carbocycles. The van der Waals surface area contributed by atoms with Crippen LogP contribution >= 0.6 is 7.82 Å². The predicted molar refractivity (Wildman–Crippen MR) is 321 cm³/mol. The number of nitrogens with two attached hydrogens (primary N) is 1. The Labute approximate surface area is 460 Å². The molecule has 0 aromatic heterocycles. The first-order valence-corrected chi connectivity index (χ1v) is 31.5. The molecule has 0 spiro atoms. The van der Waals surface area contributed by atoms with Gasteiger partial charge in [-0.05, 0) is 109 Å². The molecule has 2 unspecified atom stereocenters. The second kappa shape index (κ2) is 59.7. The van der Waals surface area contributed by atoms with E-state index >= 15 is 0 Å². The van der Waals surface area contributed by atoms with E-state index in [0.29, 0.717) is 6.42 Å². The molecule has 75 heavy (non-hydrogen) atoms. The van der Waals surface area contributed by atoms with Gasteiger partial charge in [0, 0.05) is 19.4 Å². The number of unbranched alkanes of at least 4 members (excludes halogenated alkanes) is 22. The Morgan fingerprint density at radius 3 is 1.09 bits per heavy atom. The third kappa shape index (κ3) is 59.5. The molecular formula is C65H110NO8P. The number of hydrogen-bond acceptors (Lipinski definition) is 8. The summed E-state index contributed by atoms with van der Waals surface area (Å²) < 4.78 is 33.0. The third-order valence-corrected chi connectivity index (χ3v) is 13.3. The van der Waals surface area contributed by atoms with Crippen molar-refractivity contribution in [3.63, 3.8) is 0 Å². The normalized spacial score (nSPS) is 13.9. The van der Waals surface area contributed by atoms with E-state index in [4.69, 9.17) is 24.3 Å². The number of phosphoric acid groups is 1. The van der Waals surface area contributed by atoms with E-state index in [1.165, 1.54) is 96.3 Å². The zero-order valence-corrected chi connectivity index (χ0v) is 48.6. The third-order valence-electron chi connectivity index (χ3n) is 12.3. The van der Waals surface area contributed by atoms with Gasteiger partial charge in [0.05, 0.1) is 13.2 Å². The monoisotopic (exact) mass is 1060 g/mol. The first kappa shape index (κ1) is 71.4. The summed E-state index contributed by atoms with van der Waals surface area (Å²) in [5.74, 6) is -0.841. The van der Waals surface area contributed by atoms with E-state index in [1.54, 1.807) is 0 Å². The van der Waals surface area contributed by atoms with Gasteiger partial charge in [-0.25, -0.2) is 4.57 Å². The summed E-state index contributed by atoms with van der Waals surface area (Å²) in [4.78, 5) is 35.2. The lowest BCUT2D eigenvalue weighted by molar-refractivity contribution is -0.161. The fraction of sp³-hybridized carbons (Fsp3) is 0.662. The van der Waals surface area contributed by atoms with Crippen molar-refractivity contribution < 1.29 is 37.6 Å². The fourth-order valence-electron chi connectivity index (χ4n) is 7.92. The number of allylic oxidation sites excluding steroid dienone is 20. The summed E-state index contributed by atoms with van der Waals surface area (Å²) >= 11 is 0. The Hall–Kier alpha value is -3.59. The van der Waals surface area contributed by atoms with Gasteiger partial charge in [-0.2, -0.15) is 0 Å². The molecule has 0 rings (SSSR count). The van der Waals surface area contributed by atoms with Gasteiger partial charge < -0.3 is 20.1 Å². The summed E-state index contributed by atoms with van der Waals surface area (Å²) in [6.45, 7) is 3.59. The van der Waals surface area contributed by atoms with E-state index < -0.39 is 26.5 Å². The lowest BCUT2D eigenvalue weighted by atomic mass is 10.0. The van der Waals surface area contributed by atoms with Crippen LogP contribution in [0.15, 0.2) is 122 Å². The van der Waals surface area contributed by atoms with E-state index in [2.05, 4.69) is 135 Å². The van der Waals surface area contributed by atoms with Crippen LogP contribution in [0, 0.1) is 0 Å². The zero-order valence-electron chi connectivity index (χ0n) is 47.7. The Kier molecular flexibility index (Phi) is 56.8. The summed E-state index contributed by atoms with van der Waals surface area (Å²) in [5.41, 5.74) is 5.38. The van der Waals surface area contributed by atoms with Gasteiger partial charge >= 0.3 is 19.8 Å². The van der Waals surface area contributed by atoms with Crippen molar-refractivity contribution in [2.75, 3.05) is 26.4 Å². The van der Waals surface area contributed by atoms with Crippen LogP contribution in [0.1, 0.15) is 245 Å². The summed E-state index contributed by atoms with van der Waals surface area (Å²) in [6.07, 6.45) is 82.5. The topological polar surface area (TPSA) is 134 Å². The smallest absolute Gasteiger partial charge is 0.462 e. The van der Waals surface area contributed by atoms with Gasteiger partial charge in [0.15, 0.2) is 6.10 Å². The van der Waals surface area contributed by atoms with E-state index in [0.717, 1.165) is 116 Å². The maximum Gasteiger partial charge on any atom is 0.472 e. The first-order valence-electron chi connectivity index (χ1n) is 30.0. The van der Waals surface area contributed by atoms with E-state index in [-0.39, 0.29) is 38.6 Å². The quantitative estimate of drug-likeness (QED) is 0.0264. The highest BCUT2D eigenvalue weighted by Crippen LogP contribution is 2.43. The highest BCUT2D eigenvalue weighted by atomic mass is 31.2. The van der Waals surface area contributed by atoms with Crippen LogP contribution in [0.3, 0.4) is 0 Å². The number of carbonyl (C=O) groups excluding carboxylic acids is 2. The van der Waals surface area contributed by atoms with Crippen molar-refractivity contribution in [2.24, 2.45) is 5.73 Å². The van der Waals surface area contributed by atoms with Crippen LogP contribution in [0.25, 0.3) is 0 Å². The Bertz CT molecular complexity index is 1640. The molecule has 0 bridgehead atoms. The number of carbonyl (C=O) groups is 2. The van der Waals surface area contributed by atoms with Gasteiger partial charge in [-0.1, -0.05) is 245 Å². The zero-order chi connectivity index (χ0) is 54.5. The molecule has 0 radical (unpaired) electrons. The summed E-state index contributed by atoms with van der Waals surface area (Å²) in [6, 6.07) is 0. The lowest BCUT2D eigenvalue weighted by Gasteiger charge is -2.19. The molecule has 0 fully saturated rings. The number of esters is 2. The minimum Gasteiger partial charge on any atom is -0.462 e. The minimum absolute atomic E-state index is 0.0467. The fourth-order valence-corrected chi connectivity index (χ4v) is 8.68. The highest BCUT2D eigenvalue weighted by molar-refractivity contribution is 7.47. The molecule has 10 heteroatoms. The second-order valence-electron chi connectivity index (χ2n) is 19.5. The molecule has 428 valence electrons. The van der Waals surface area contributed by atoms with Gasteiger partial charge in [-0.3, -0.25) is 18.6 Å². The average Bonchev–Trinajstić information content (AvgIpc) is 3.40. The maximum atomic E-state index is 12.7. The molecule has 0 aliphatic heterocycles. The van der Waals surface area contributed by atoms with Crippen LogP contribution in [0.4, 0.5) is 0 Å². The molecule has 0 aromatic carbocycles. The molecule has 0 saturated heterocycles. The van der Waals surface area contributed by atoms with E-state index in [9.17, 15) is 19.0 Å². The Balaban J connectivity index is 3.99. The van der Waals surface area contributed by atoms with Crippen LogP contribution < -0.4 is 5.73 Å². The molecular weight excluding hydrogens is 954 g/mol. The van der Waals surface area contributed by atoms with Gasteiger partial charge in [-0.15, -0.1) is 0 Å². The van der Waals surface area contributed by atoms with Crippen molar-refractivity contribution in [3.8, 4) is 0 Å². The number of phosphoric ester groups is 1. The molecule has 0 amide bonds. The molecule has 0 aromatic rings. The van der Waals surface area contributed by atoms with Crippen LogP contribution in [-0.2, 0) is 32.7 Å². The Morgan fingerprint density at radius 2 is 0.733 bits per heavy atom. The maximum absolute atomic E-state index is 12.7. The molecule has 0 aliphatic rings. The lowest BCUT2D eigenvalue weighted by Crippen LogP contribution is -2.29. The molecule has 0 heterocycles. The van der Waals surface area contributed by atoms with Crippen molar-refractivity contribution >= 4 is 19.8 Å². The molecule has 3 N–H and O–H groups in total. The van der Waals surface area contributed by atoms with E-state index in [1.807, 2.05) is 0 Å². The van der Waals surface area contributed by atoms with Crippen molar-refractivity contribution in [1.29, 1.82) is 0 Å². The van der Waals surface area contributed by atoms with Gasteiger partial charge in [0.1, 0.15) is 6.61 Å². The largest absolute Gasteiger partial charge is 0.472 e. The summed E-state index contributed by atoms with van der Waals surface area (Å²) in [5, 5.41) is 0. The highest BCUT2D eigenvalue weighted by Gasteiger charge is 2.26. The van der Waals surface area contributed by atoms with Crippen molar-refractivity contribution in [3.05, 3.63) is 122 Å². The SMILES string of the molecule is CC/C=C\C/C=C\C/C=C\C/C=C\C/C=C\C/C=C\C/C=C\C/C=C\CCCCCCCCCCCCC(=O)OC(COC(=O)CCCCCCCCCCC/C=C\C/C=C\CCCCC)COP(=O)(O)OCCN. The Morgan fingerprint density at radius 1 is 0.413 bits per heavy atom. The van der Waals surface area contributed by atoms with Crippen LogP contribution in [0.5, 0.6) is 0 Å². The average molecular weight is 1060 g/mol. The first-order chi connectivity index (χ1) is 36.8. The summed E-state index contributed by atoms with van der Waals surface area (Å²) in [7, 11) is -4.40. The predicted octanol–water partition coefficient (Wildman–Crippen LogP) is 19.2. The number of ether oxygens (including phenoxy) is 2.